The van der Waals surface area contributed by atoms with Gasteiger partial charge in [0.2, 0.25) is 29.7 Å². The zero-order valence-corrected chi connectivity index (χ0v) is 75.9. The van der Waals surface area contributed by atoms with E-state index in [-0.39, 0.29) is 84.9 Å². The highest BCUT2D eigenvalue weighted by molar-refractivity contribution is 7.12. The molecule has 696 valence electrons. The molecule has 14 heterocycles. The highest BCUT2D eigenvalue weighted by Gasteiger charge is 2.44. The number of hydrogen-bond donors (Lipinski definition) is 10. The molecule has 0 bridgehead atoms. The molecular weight excluding hydrogens is 1810 g/mol. The number of carbonyl (C=O) groups is 6. The molecular formula is C99H86ClFN28O9S. The first-order chi connectivity index (χ1) is 67.9. The van der Waals surface area contributed by atoms with Crippen LogP contribution >= 0.6 is 22.9 Å². The van der Waals surface area contributed by atoms with E-state index in [1.165, 1.54) is 29.9 Å². The Morgan fingerprint density at radius 1 is 0.504 bits per heavy atom. The van der Waals surface area contributed by atoms with Crippen molar-refractivity contribution in [2.75, 3.05) is 41.1 Å². The van der Waals surface area contributed by atoms with E-state index >= 15 is 0 Å². The summed E-state index contributed by atoms with van der Waals surface area (Å²) in [5.74, 6) is 5.48. The number of aryl methyl sites for hydroxylation is 2. The van der Waals surface area contributed by atoms with Gasteiger partial charge in [-0.15, -0.1) is 21.5 Å². The van der Waals surface area contributed by atoms with E-state index in [0.29, 0.717) is 128 Å². The van der Waals surface area contributed by atoms with Gasteiger partial charge in [-0.2, -0.15) is 25.4 Å². The van der Waals surface area contributed by atoms with Crippen LogP contribution in [0.5, 0.6) is 11.5 Å². The van der Waals surface area contributed by atoms with Crippen LogP contribution in [0.1, 0.15) is 89.8 Å². The van der Waals surface area contributed by atoms with Gasteiger partial charge in [-0.05, 0) is 214 Å². The summed E-state index contributed by atoms with van der Waals surface area (Å²) in [4.78, 5) is 135. The van der Waals surface area contributed by atoms with Crippen molar-refractivity contribution in [3.05, 3.63) is 352 Å². The van der Waals surface area contributed by atoms with E-state index < -0.39 is 5.91 Å². The highest BCUT2D eigenvalue weighted by Crippen LogP contribution is 2.48. The van der Waals surface area contributed by atoms with Crippen molar-refractivity contribution in [2.45, 2.75) is 64.9 Å². The third kappa shape index (κ3) is 29.3. The van der Waals surface area contributed by atoms with Crippen molar-refractivity contribution in [1.82, 2.24) is 116 Å². The maximum Gasteiger partial charge on any atom is 0.275 e. The van der Waals surface area contributed by atoms with Gasteiger partial charge in [0.05, 0.1) is 67.9 Å². The van der Waals surface area contributed by atoms with Gasteiger partial charge in [0.15, 0.2) is 47.3 Å². The van der Waals surface area contributed by atoms with Crippen molar-refractivity contribution in [3.8, 4) is 86.5 Å². The van der Waals surface area contributed by atoms with Crippen LogP contribution in [0.2, 0.25) is 5.02 Å². The largest absolute Gasteiger partial charge is 0.493 e. The number of nitrogens with zero attached hydrogens (tertiary/aromatic N) is 18. The van der Waals surface area contributed by atoms with Crippen molar-refractivity contribution in [2.24, 2.45) is 11.8 Å². The second-order valence-electron chi connectivity index (χ2n) is 30.8. The minimum atomic E-state index is -0.413. The zero-order chi connectivity index (χ0) is 96.4. The average Bonchev–Trinajstić information content (AvgIpc) is 1.63. The second-order valence-corrected chi connectivity index (χ2v) is 32.6. The molecule has 0 spiro atoms. The molecule has 18 aromatic rings. The number of aromatic amines is 6. The minimum Gasteiger partial charge on any atom is -0.493 e. The number of nitriles is 1. The number of imidazole rings is 2. The Bertz CT molecular complexity index is 7130. The number of aromatic nitrogens is 23. The fourth-order valence-electron chi connectivity index (χ4n) is 13.0. The number of ketones is 2. The van der Waals surface area contributed by atoms with Crippen LogP contribution in [0.25, 0.3) is 69.0 Å². The summed E-state index contributed by atoms with van der Waals surface area (Å²) in [6.45, 7) is 4.69. The van der Waals surface area contributed by atoms with Gasteiger partial charge in [-0.1, -0.05) is 90.5 Å². The van der Waals surface area contributed by atoms with Gasteiger partial charge >= 0.3 is 0 Å². The quantitative estimate of drug-likeness (QED) is 0.0187. The number of benzene rings is 4. The Labute approximate surface area is 801 Å². The highest BCUT2D eigenvalue weighted by atomic mass is 35.5. The number of nitrogens with one attached hydrogen (secondary N) is 10. The normalized spacial score (nSPS) is 12.5. The van der Waals surface area contributed by atoms with Gasteiger partial charge in [0.1, 0.15) is 75.6 Å². The third-order valence-electron chi connectivity index (χ3n) is 20.2. The summed E-state index contributed by atoms with van der Waals surface area (Å²) in [6, 6.07) is 71.8. The number of ether oxygens (including phenoxy) is 3. The van der Waals surface area contributed by atoms with Gasteiger partial charge in [0.25, 0.3) is 11.8 Å². The Hall–Kier alpha value is -17.9. The topological polar surface area (TPSA) is 516 Å². The number of rotatable bonds is 30. The summed E-state index contributed by atoms with van der Waals surface area (Å²) in [7, 11) is 0. The molecule has 20 rings (SSSR count). The number of Topliss-reactive ketones (excluding diaryl/α,β-unsaturated/α-hetero) is 2. The SMILES string of the molecule is Cc1ccc(CC(=O)Nc2ncc(-c3ccccn3)[nH]2)s1.Cc1cccc(C(=O)Nc2cnc(-c3ccccn3)[nH]2)n1.N#Cc1cccc(OCC(=O)Nc2n[nH]c(-c3ccccn3)n2)c1.O=C(COCc1ccccc1Cl)Cc1nc(-c2ccccn2)n[nH]1.O=C(Cc1nc(-c2ccccn2)n[nH]1)c1ccc(OCC2CC2)cc1.O=C(Nc1n[nH]c(-c2ccccn2)n1)C1CC1c1ccc(F)cc1. The Kier molecular flexibility index (Phi) is 33.2. The van der Waals surface area contributed by atoms with E-state index in [9.17, 15) is 33.2 Å². The van der Waals surface area contributed by atoms with Crippen LogP contribution in [-0.2, 0) is 49.8 Å². The Morgan fingerprint density at radius 3 is 1.68 bits per heavy atom. The van der Waals surface area contributed by atoms with Gasteiger partial charge in [0, 0.05) is 69.1 Å². The van der Waals surface area contributed by atoms with E-state index in [2.05, 4.69) is 137 Å². The molecule has 37 nitrogen and oxygen atoms in total. The van der Waals surface area contributed by atoms with Gasteiger partial charge in [-0.3, -0.25) is 95.0 Å². The molecule has 40 heteroatoms. The number of halogens is 2. The first kappa shape index (κ1) is 95.7. The number of anilines is 4. The molecule has 2 saturated carbocycles. The predicted octanol–water partition coefficient (Wildman–Crippen LogP) is 15.9. The van der Waals surface area contributed by atoms with E-state index in [1.54, 1.807) is 146 Å². The lowest BCUT2D eigenvalue weighted by Gasteiger charge is -2.05. The molecule has 0 radical (unpaired) electrons. The molecule has 2 fully saturated rings. The lowest BCUT2D eigenvalue weighted by molar-refractivity contribution is -0.123. The molecule has 10 N–H and O–H groups in total. The van der Waals surface area contributed by atoms with E-state index in [0.717, 1.165) is 51.9 Å². The van der Waals surface area contributed by atoms with Crippen molar-refractivity contribution in [1.29, 1.82) is 5.26 Å². The lowest BCUT2D eigenvalue weighted by Crippen LogP contribution is -2.20. The maximum atomic E-state index is 13.0. The lowest BCUT2D eigenvalue weighted by atomic mass is 10.1. The van der Waals surface area contributed by atoms with Crippen LogP contribution in [0.15, 0.2) is 286 Å². The molecule has 139 heavy (non-hydrogen) atoms. The summed E-state index contributed by atoms with van der Waals surface area (Å²) in [5.41, 5.74) is 8.96. The van der Waals surface area contributed by atoms with Crippen LogP contribution < -0.4 is 30.7 Å². The first-order valence-electron chi connectivity index (χ1n) is 43.3. The third-order valence-corrected chi connectivity index (χ3v) is 21.5. The molecule has 0 saturated heterocycles. The molecule has 4 aromatic carbocycles. The Morgan fingerprint density at radius 2 is 1.09 bits per heavy atom. The van der Waals surface area contributed by atoms with Crippen LogP contribution in [0.4, 0.5) is 28.1 Å². The number of hydrogen-bond acceptors (Lipinski definition) is 28. The first-order valence-corrected chi connectivity index (χ1v) is 44.5. The number of amides is 4. The minimum absolute atomic E-state index is 0.00908. The number of thiophene rings is 1. The predicted molar refractivity (Wildman–Crippen MR) is 514 cm³/mol. The number of H-pyrrole nitrogens is 6. The van der Waals surface area contributed by atoms with Crippen molar-refractivity contribution < 1.29 is 47.4 Å². The average molecular weight is 1900 g/mol. The fourth-order valence-corrected chi connectivity index (χ4v) is 14.1. The van der Waals surface area contributed by atoms with E-state index in [1.807, 2.05) is 159 Å². The number of pyridine rings is 7. The standard InChI is InChI=1S/C19H18N4O2.C17H15ClN4O2.C17H14FN5O.C16H12N6O2.C15H13N5O.C15H14N4OS/c24-17(14-6-8-15(9-7-14)25-12-13-4-5-13)11-18-21-19(23-22-18)16-3-1-2-10-20-16;18-14-6-2-1-5-12(14)10-24-11-13(23)9-16-20-17(22-21-16)15-7-3-4-8-19-15;18-11-6-4-10(5-7-11)12-9-13(12)16(24)21-17-20-15(22-23-17)14-3-1-2-8-19-14;17-9-11-4-3-5-12(8-11)24-10-14(23)19-16-20-15(21-22-16)13-6-1-2-7-18-13;1-10-5-4-7-12(18-10)15(21)20-13-9-17-14(19-13)11-6-2-3-8-16-11;1-10-5-6-11(21-10)8-14(20)19-15-17-9-13(18-15)12-4-2-3-7-16-12/h1-3,6-10,13H,4-5,11-12H2,(H,21,22,23);1-8H,9-11H2,(H,20,21,22);1-8,12-13H,9H2,(H2,20,21,22,23,24);1-8H,10H2,(H2,19,20,21,22,23);2-9H,1H3,(H,17,19)(H,20,21);2-7,9H,8H2,1H3,(H2,17,18,19,20). The fraction of sp³-hybridized carbons (Fsp3) is 0.152. The smallest absolute Gasteiger partial charge is 0.275 e. The summed E-state index contributed by atoms with van der Waals surface area (Å²) >= 11 is 7.66. The zero-order valence-electron chi connectivity index (χ0n) is 74.3. The van der Waals surface area contributed by atoms with Crippen LogP contribution in [-0.4, -0.2) is 171 Å². The van der Waals surface area contributed by atoms with Gasteiger partial charge in [-0.25, -0.2) is 29.3 Å². The molecule has 2 aliphatic rings. The molecule has 2 unspecified atom stereocenters. The second kappa shape index (κ2) is 48.1. The molecule has 0 aliphatic heterocycles. The van der Waals surface area contributed by atoms with Gasteiger partial charge < -0.3 is 29.5 Å². The monoisotopic (exact) mass is 1900 g/mol. The van der Waals surface area contributed by atoms with Crippen molar-refractivity contribution >= 4 is 81.8 Å². The number of carbonyl (C=O) groups excluding carboxylic acids is 6. The summed E-state index contributed by atoms with van der Waals surface area (Å²) in [6.07, 6.45) is 17.2. The molecule has 2 atom stereocenters. The maximum absolute atomic E-state index is 13.0. The molecule has 2 aliphatic carbocycles. The van der Waals surface area contributed by atoms with Crippen LogP contribution in [0.3, 0.4) is 0 Å². The van der Waals surface area contributed by atoms with E-state index in [4.69, 9.17) is 31.1 Å². The molecule has 14 aromatic heterocycles. The summed E-state index contributed by atoms with van der Waals surface area (Å²) in [5, 5.41) is 47.3. The van der Waals surface area contributed by atoms with Crippen molar-refractivity contribution in [3.63, 3.8) is 0 Å². The molecule has 4 amide bonds. The Balaban J connectivity index is 0.000000126. The van der Waals surface area contributed by atoms with Crippen LogP contribution in [0, 0.1) is 42.8 Å². The summed E-state index contributed by atoms with van der Waals surface area (Å²) < 4.78 is 29.4.